The van der Waals surface area contributed by atoms with Gasteiger partial charge in [0.15, 0.2) is 0 Å². The van der Waals surface area contributed by atoms with Gasteiger partial charge in [-0.3, -0.25) is 0 Å². The van der Waals surface area contributed by atoms with E-state index in [1.807, 2.05) is 0 Å². The number of hydrogen-bond donors (Lipinski definition) is 1. The topological polar surface area (TPSA) is 12.0 Å². The number of hydrogen-bond acceptors (Lipinski definition) is 1. The first-order valence-electron chi connectivity index (χ1n) is 13.3. The van der Waals surface area contributed by atoms with E-state index in [0.717, 1.165) is 11.4 Å². The van der Waals surface area contributed by atoms with Crippen LogP contribution in [0.1, 0.15) is 25.0 Å². The van der Waals surface area contributed by atoms with Crippen LogP contribution in [0.15, 0.2) is 133 Å². The second-order valence-electron chi connectivity index (χ2n) is 10.7. The first kappa shape index (κ1) is 22.6. The largest absolute Gasteiger partial charge is 0.355 e. The Bertz CT molecular complexity index is 1800. The molecule has 1 nitrogen and oxygen atoms in total. The van der Waals surface area contributed by atoms with Crippen LogP contribution < -0.4 is 5.32 Å². The molecule has 0 amide bonds. The summed E-state index contributed by atoms with van der Waals surface area (Å²) in [6, 6.07) is 48.1. The Hall–Kier alpha value is -4.62. The molecule has 1 aliphatic rings. The lowest BCUT2D eigenvalue weighted by atomic mass is 9.81. The second-order valence-corrected chi connectivity index (χ2v) is 10.7. The van der Waals surface area contributed by atoms with Crippen molar-refractivity contribution in [2.75, 3.05) is 5.32 Å². The molecule has 38 heavy (non-hydrogen) atoms. The van der Waals surface area contributed by atoms with Crippen molar-refractivity contribution < 1.29 is 0 Å². The number of fused-ring (bicyclic) bond motifs is 5. The summed E-state index contributed by atoms with van der Waals surface area (Å²) < 4.78 is 0. The van der Waals surface area contributed by atoms with Crippen molar-refractivity contribution in [3.05, 3.63) is 145 Å². The van der Waals surface area contributed by atoms with Crippen LogP contribution in [-0.2, 0) is 5.41 Å². The first-order chi connectivity index (χ1) is 18.6. The number of rotatable bonds is 4. The minimum atomic E-state index is -0.0568. The van der Waals surface area contributed by atoms with Crippen LogP contribution in [0.3, 0.4) is 0 Å². The summed E-state index contributed by atoms with van der Waals surface area (Å²) in [5.74, 6) is 0. The molecule has 6 aromatic rings. The van der Waals surface area contributed by atoms with Crippen molar-refractivity contribution in [2.45, 2.75) is 19.3 Å². The van der Waals surface area contributed by atoms with Gasteiger partial charge in [0, 0.05) is 22.2 Å². The molecule has 0 atom stereocenters. The Labute approximate surface area is 224 Å². The monoisotopic (exact) mass is 487 g/mol. The van der Waals surface area contributed by atoms with E-state index in [1.54, 1.807) is 0 Å². The predicted molar refractivity (Wildman–Crippen MR) is 162 cm³/mol. The quantitative estimate of drug-likeness (QED) is 0.261. The second kappa shape index (κ2) is 8.75. The Morgan fingerprint density at radius 3 is 1.82 bits per heavy atom. The number of anilines is 2. The summed E-state index contributed by atoms with van der Waals surface area (Å²) in [4.78, 5) is 0. The average molecular weight is 488 g/mol. The van der Waals surface area contributed by atoms with Gasteiger partial charge in [0.05, 0.1) is 0 Å². The third-order valence-corrected chi connectivity index (χ3v) is 8.06. The standard InChI is InChI=1S/C37H29N/c1-37(2)33-20-12-11-19-31(33)36-30-18-10-9-17-29(30)35(24-34(36)37)38-27-21-22-28(25-13-5-3-6-14-25)32(23-27)26-15-7-4-8-16-26/h3-24,38H,1-2H3. The average Bonchev–Trinajstić information content (AvgIpc) is 3.20. The third kappa shape index (κ3) is 3.55. The molecule has 0 unspecified atom stereocenters. The molecule has 0 aliphatic heterocycles. The normalized spacial score (nSPS) is 13.2. The molecule has 1 aliphatic carbocycles. The maximum atomic E-state index is 3.83. The molecule has 0 saturated carbocycles. The molecule has 0 spiro atoms. The van der Waals surface area contributed by atoms with E-state index in [-0.39, 0.29) is 5.41 Å². The molecular formula is C37H29N. The van der Waals surface area contributed by atoms with Gasteiger partial charge in [-0.1, -0.05) is 129 Å². The fourth-order valence-electron chi connectivity index (χ4n) is 6.16. The van der Waals surface area contributed by atoms with Gasteiger partial charge in [-0.05, 0) is 68.1 Å². The Kier molecular flexibility index (Phi) is 5.19. The van der Waals surface area contributed by atoms with E-state index < -0.39 is 0 Å². The van der Waals surface area contributed by atoms with Crippen molar-refractivity contribution in [1.29, 1.82) is 0 Å². The van der Waals surface area contributed by atoms with Gasteiger partial charge in [-0.15, -0.1) is 0 Å². The Morgan fingerprint density at radius 2 is 1.08 bits per heavy atom. The highest BCUT2D eigenvalue weighted by Gasteiger charge is 2.36. The van der Waals surface area contributed by atoms with E-state index in [4.69, 9.17) is 0 Å². The molecular weight excluding hydrogens is 458 g/mol. The molecule has 6 aromatic carbocycles. The lowest BCUT2D eigenvalue weighted by molar-refractivity contribution is 0.661. The van der Waals surface area contributed by atoms with Crippen molar-refractivity contribution in [2.24, 2.45) is 0 Å². The molecule has 1 N–H and O–H groups in total. The molecule has 0 heterocycles. The summed E-state index contributed by atoms with van der Waals surface area (Å²) in [5, 5.41) is 6.37. The molecule has 7 rings (SSSR count). The zero-order chi connectivity index (χ0) is 25.7. The highest BCUT2D eigenvalue weighted by Crippen LogP contribution is 2.53. The van der Waals surface area contributed by atoms with E-state index in [2.05, 4.69) is 153 Å². The minimum absolute atomic E-state index is 0.0568. The molecule has 0 fully saturated rings. The molecule has 0 radical (unpaired) electrons. The van der Waals surface area contributed by atoms with Crippen LogP contribution in [0.2, 0.25) is 0 Å². The van der Waals surface area contributed by atoms with Crippen molar-refractivity contribution in [1.82, 2.24) is 0 Å². The van der Waals surface area contributed by atoms with Gasteiger partial charge in [-0.25, -0.2) is 0 Å². The summed E-state index contributed by atoms with van der Waals surface area (Å²) in [7, 11) is 0. The van der Waals surface area contributed by atoms with Gasteiger partial charge in [0.2, 0.25) is 0 Å². The molecule has 1 heteroatoms. The molecule has 182 valence electrons. The van der Waals surface area contributed by atoms with Crippen LogP contribution in [0.25, 0.3) is 44.2 Å². The van der Waals surface area contributed by atoms with Crippen LogP contribution in [0, 0.1) is 0 Å². The lowest BCUT2D eigenvalue weighted by Gasteiger charge is -2.23. The van der Waals surface area contributed by atoms with Crippen LogP contribution >= 0.6 is 0 Å². The summed E-state index contributed by atoms with van der Waals surface area (Å²) >= 11 is 0. The van der Waals surface area contributed by atoms with Gasteiger partial charge in [0.1, 0.15) is 0 Å². The van der Waals surface area contributed by atoms with Crippen LogP contribution in [-0.4, -0.2) is 0 Å². The van der Waals surface area contributed by atoms with Crippen molar-refractivity contribution in [3.8, 4) is 33.4 Å². The zero-order valence-corrected chi connectivity index (χ0v) is 21.7. The zero-order valence-electron chi connectivity index (χ0n) is 21.7. The molecule has 0 saturated heterocycles. The number of benzene rings is 6. The van der Waals surface area contributed by atoms with Crippen molar-refractivity contribution in [3.63, 3.8) is 0 Å². The number of nitrogens with one attached hydrogen (secondary N) is 1. The molecule has 0 aromatic heterocycles. The van der Waals surface area contributed by atoms with Gasteiger partial charge >= 0.3 is 0 Å². The Balaban J connectivity index is 1.40. The van der Waals surface area contributed by atoms with E-state index >= 15 is 0 Å². The highest BCUT2D eigenvalue weighted by atomic mass is 14.9. The molecule has 0 bridgehead atoms. The summed E-state index contributed by atoms with van der Waals surface area (Å²) in [5.41, 5.74) is 12.6. The lowest BCUT2D eigenvalue weighted by Crippen LogP contribution is -2.15. The van der Waals surface area contributed by atoms with Gasteiger partial charge < -0.3 is 5.32 Å². The maximum Gasteiger partial charge on any atom is 0.0467 e. The first-order valence-corrected chi connectivity index (χ1v) is 13.3. The predicted octanol–water partition coefficient (Wildman–Crippen LogP) is 10.2. The third-order valence-electron chi connectivity index (χ3n) is 8.06. The van der Waals surface area contributed by atoms with Crippen molar-refractivity contribution >= 4 is 22.1 Å². The van der Waals surface area contributed by atoms with Crippen LogP contribution in [0.5, 0.6) is 0 Å². The van der Waals surface area contributed by atoms with Gasteiger partial charge in [-0.2, -0.15) is 0 Å². The van der Waals surface area contributed by atoms with Crippen LogP contribution in [0.4, 0.5) is 11.4 Å². The van der Waals surface area contributed by atoms with E-state index in [9.17, 15) is 0 Å². The summed E-state index contributed by atoms with van der Waals surface area (Å²) in [6.45, 7) is 4.69. The fraction of sp³-hybridized carbons (Fsp3) is 0.0811. The smallest absolute Gasteiger partial charge is 0.0467 e. The van der Waals surface area contributed by atoms with E-state index in [1.165, 1.54) is 55.3 Å². The Morgan fingerprint density at radius 1 is 0.474 bits per heavy atom. The fourth-order valence-corrected chi connectivity index (χ4v) is 6.16. The van der Waals surface area contributed by atoms with Gasteiger partial charge in [0.25, 0.3) is 0 Å². The minimum Gasteiger partial charge on any atom is -0.355 e. The van der Waals surface area contributed by atoms with E-state index in [0.29, 0.717) is 0 Å². The highest BCUT2D eigenvalue weighted by molar-refractivity contribution is 6.08. The summed E-state index contributed by atoms with van der Waals surface area (Å²) in [6.07, 6.45) is 0. The SMILES string of the molecule is CC1(C)c2ccccc2-c2c1cc(Nc1ccc(-c3ccccc3)c(-c3ccccc3)c1)c1ccccc21. The maximum absolute atomic E-state index is 3.83.